The number of hydrogen-bond donors (Lipinski definition) is 8. The Kier molecular flexibility index (Phi) is 50.8. The van der Waals surface area contributed by atoms with E-state index in [1.54, 1.807) is 0 Å². The Morgan fingerprint density at radius 2 is 0.787 bits per heavy atom. The fourth-order valence-electron chi connectivity index (χ4n) is 10.5. The van der Waals surface area contributed by atoms with Crippen molar-refractivity contribution in [1.29, 1.82) is 0 Å². The van der Waals surface area contributed by atoms with Crippen molar-refractivity contribution in [3.05, 3.63) is 24.3 Å². The van der Waals surface area contributed by atoms with E-state index in [1.165, 1.54) is 212 Å². The largest absolute Gasteiger partial charge is 0.394 e. The Morgan fingerprint density at radius 1 is 0.453 bits per heavy atom. The molecule has 0 aromatic carbocycles. The Hall–Kier alpha value is -1.41. The summed E-state index contributed by atoms with van der Waals surface area (Å²) in [5.74, 6) is -0.707. The lowest BCUT2D eigenvalue weighted by Crippen LogP contribution is -2.60. The monoisotopic (exact) mass is 1070 g/mol. The summed E-state index contributed by atoms with van der Waals surface area (Å²) in [6.07, 6.45) is 54.0. The van der Waals surface area contributed by atoms with E-state index >= 15 is 0 Å². The summed E-state index contributed by atoms with van der Waals surface area (Å²) in [7, 11) is 0. The van der Waals surface area contributed by atoms with Crippen molar-refractivity contribution in [2.45, 2.75) is 364 Å². The first kappa shape index (κ1) is 71.6. The van der Waals surface area contributed by atoms with Gasteiger partial charge in [0.25, 0.3) is 0 Å². The summed E-state index contributed by atoms with van der Waals surface area (Å²) in [5.41, 5.74) is 0. The highest BCUT2D eigenvalue weighted by atomic mass is 16.7. The van der Waals surface area contributed by atoms with Crippen LogP contribution in [0, 0.1) is 0 Å². The van der Waals surface area contributed by atoms with Crippen LogP contribution in [0.25, 0.3) is 0 Å². The third-order valence-electron chi connectivity index (χ3n) is 15.7. The molecule has 1 rings (SSSR count). The maximum atomic E-state index is 13.2. The maximum absolute atomic E-state index is 13.2. The molecule has 9 atom stereocenters. The van der Waals surface area contributed by atoms with Gasteiger partial charge in [-0.2, -0.15) is 0 Å². The maximum Gasteiger partial charge on any atom is 0.249 e. The highest BCUT2D eigenvalue weighted by Crippen LogP contribution is 2.24. The van der Waals surface area contributed by atoms with Crippen LogP contribution in [-0.2, 0) is 14.3 Å². The van der Waals surface area contributed by atoms with Crippen LogP contribution in [0.5, 0.6) is 0 Å². The number of aliphatic hydroxyl groups is 7. The quantitative estimate of drug-likeness (QED) is 0.0215. The zero-order valence-electron chi connectivity index (χ0n) is 48.8. The number of carbonyl (C=O) groups excluding carboxylic acids is 1. The van der Waals surface area contributed by atoms with Crippen molar-refractivity contribution < 1.29 is 50.0 Å². The van der Waals surface area contributed by atoms with Gasteiger partial charge in [-0.3, -0.25) is 4.79 Å². The van der Waals surface area contributed by atoms with E-state index in [-0.39, 0.29) is 12.8 Å². The number of ether oxygens (including phenoxy) is 2. The molecule has 0 bridgehead atoms. The molecule has 1 amide bonds. The molecule has 0 spiro atoms. The Balaban J connectivity index is 2.25. The molecular weight excluding hydrogens is 943 g/mol. The fourth-order valence-corrected chi connectivity index (χ4v) is 10.5. The van der Waals surface area contributed by atoms with Gasteiger partial charge in [0, 0.05) is 0 Å². The van der Waals surface area contributed by atoms with Gasteiger partial charge in [0.2, 0.25) is 5.91 Å². The van der Waals surface area contributed by atoms with Crippen LogP contribution in [0.2, 0.25) is 0 Å². The number of allylic oxidation sites excluding steroid dienone is 4. The molecule has 8 N–H and O–H groups in total. The molecule has 9 unspecified atom stereocenters. The zero-order valence-corrected chi connectivity index (χ0v) is 48.8. The van der Waals surface area contributed by atoms with E-state index in [9.17, 15) is 40.5 Å². The zero-order chi connectivity index (χ0) is 54.7. The lowest BCUT2D eigenvalue weighted by molar-refractivity contribution is -0.303. The molecule has 75 heavy (non-hydrogen) atoms. The molecule has 11 heteroatoms. The minimum Gasteiger partial charge on any atom is -0.394 e. The van der Waals surface area contributed by atoms with Crippen molar-refractivity contribution in [2.24, 2.45) is 0 Å². The van der Waals surface area contributed by atoms with Crippen LogP contribution in [-0.4, -0.2) is 110 Å². The fraction of sp³-hybridized carbons (Fsp3) is 0.922. The predicted octanol–water partition coefficient (Wildman–Crippen LogP) is 14.5. The standard InChI is InChI=1S/C64H123NO10/c1-3-5-7-9-11-13-15-17-19-21-23-24-25-26-27-28-29-30-31-32-34-35-37-39-41-43-45-47-49-51-56(67)59(69)55(54-74-64-62(72)61(71)60(70)58(53-66)75-64)65-63(73)57(68)52-50-48-46-44-42-40-38-36-33-22-20-18-16-14-12-10-8-6-4-2/h33,36,43,45,55-62,64,66-72H,3-32,34-35,37-42,44,46-54H2,1-2H3,(H,65,73)/b36-33-,45-43+. The SMILES string of the molecule is CCCCCCCCCCC/C=C\CCCCCCCCC(O)C(=O)NC(COC1OC(CO)C(O)C(O)C1O)C(O)C(O)CCC/C=C/CCCCCCCCCCCCCCCCCCCCCCCCCC. The van der Waals surface area contributed by atoms with Crippen molar-refractivity contribution in [2.75, 3.05) is 13.2 Å². The predicted molar refractivity (Wildman–Crippen MR) is 312 cm³/mol. The molecular formula is C64H123NO10. The molecule has 1 heterocycles. The van der Waals surface area contributed by atoms with Gasteiger partial charge in [-0.05, 0) is 64.2 Å². The lowest BCUT2D eigenvalue weighted by Gasteiger charge is -2.40. The third-order valence-corrected chi connectivity index (χ3v) is 15.7. The van der Waals surface area contributed by atoms with E-state index < -0.39 is 74.2 Å². The van der Waals surface area contributed by atoms with E-state index in [4.69, 9.17) is 9.47 Å². The van der Waals surface area contributed by atoms with Crippen LogP contribution in [0.1, 0.15) is 309 Å². The summed E-state index contributed by atoms with van der Waals surface area (Å²) < 4.78 is 11.2. The summed E-state index contributed by atoms with van der Waals surface area (Å²) in [6.45, 7) is 3.48. The number of rotatable bonds is 56. The minimum atomic E-state index is -1.67. The van der Waals surface area contributed by atoms with Crippen LogP contribution in [0.15, 0.2) is 24.3 Å². The van der Waals surface area contributed by atoms with Gasteiger partial charge in [0.15, 0.2) is 6.29 Å². The Morgan fingerprint density at radius 3 is 1.15 bits per heavy atom. The summed E-state index contributed by atoms with van der Waals surface area (Å²) >= 11 is 0. The first-order valence-electron chi connectivity index (χ1n) is 32.2. The summed E-state index contributed by atoms with van der Waals surface area (Å²) in [5, 5.41) is 76.3. The molecule has 0 radical (unpaired) electrons. The van der Waals surface area contributed by atoms with Gasteiger partial charge < -0.3 is 50.5 Å². The first-order chi connectivity index (χ1) is 36.7. The van der Waals surface area contributed by atoms with Gasteiger partial charge in [0.1, 0.15) is 36.6 Å². The highest BCUT2D eigenvalue weighted by Gasteiger charge is 2.44. The molecule has 1 aliphatic heterocycles. The van der Waals surface area contributed by atoms with Crippen LogP contribution < -0.4 is 5.32 Å². The average Bonchev–Trinajstić information content (AvgIpc) is 3.41. The topological polar surface area (TPSA) is 189 Å². The Labute approximate surface area is 461 Å². The molecule has 444 valence electrons. The normalized spacial score (nSPS) is 19.8. The molecule has 0 aliphatic carbocycles. The number of aliphatic hydroxyl groups excluding tert-OH is 7. The highest BCUT2D eigenvalue weighted by molar-refractivity contribution is 5.80. The minimum absolute atomic E-state index is 0.248. The average molecular weight is 1070 g/mol. The molecule has 0 saturated carbocycles. The lowest BCUT2D eigenvalue weighted by atomic mass is 9.98. The van der Waals surface area contributed by atoms with Gasteiger partial charge >= 0.3 is 0 Å². The third kappa shape index (κ3) is 41.3. The number of hydrogen-bond acceptors (Lipinski definition) is 10. The second-order valence-electron chi connectivity index (χ2n) is 22.8. The summed E-state index contributed by atoms with van der Waals surface area (Å²) in [4.78, 5) is 13.2. The summed E-state index contributed by atoms with van der Waals surface area (Å²) in [6, 6.07) is -1.19. The van der Waals surface area contributed by atoms with Crippen molar-refractivity contribution in [3.63, 3.8) is 0 Å². The number of amides is 1. The molecule has 0 aromatic rings. The number of carbonyl (C=O) groups is 1. The smallest absolute Gasteiger partial charge is 0.249 e. The van der Waals surface area contributed by atoms with Crippen LogP contribution >= 0.6 is 0 Å². The van der Waals surface area contributed by atoms with Crippen LogP contribution in [0.4, 0.5) is 0 Å². The molecule has 1 fully saturated rings. The second kappa shape index (κ2) is 53.2. The van der Waals surface area contributed by atoms with Gasteiger partial charge in [-0.15, -0.1) is 0 Å². The van der Waals surface area contributed by atoms with E-state index in [0.717, 1.165) is 57.8 Å². The molecule has 0 aromatic heterocycles. The molecule has 11 nitrogen and oxygen atoms in total. The Bertz CT molecular complexity index is 1270. The van der Waals surface area contributed by atoms with Crippen molar-refractivity contribution in [3.8, 4) is 0 Å². The van der Waals surface area contributed by atoms with E-state index in [1.807, 2.05) is 0 Å². The molecule has 1 saturated heterocycles. The van der Waals surface area contributed by atoms with Gasteiger partial charge in [0.05, 0.1) is 25.4 Å². The first-order valence-corrected chi connectivity index (χ1v) is 32.2. The number of nitrogens with one attached hydrogen (secondary N) is 1. The van der Waals surface area contributed by atoms with Crippen molar-refractivity contribution in [1.82, 2.24) is 5.32 Å². The molecule has 1 aliphatic rings. The van der Waals surface area contributed by atoms with E-state index in [2.05, 4.69) is 43.5 Å². The van der Waals surface area contributed by atoms with Gasteiger partial charge in [-0.1, -0.05) is 269 Å². The van der Waals surface area contributed by atoms with Gasteiger partial charge in [-0.25, -0.2) is 0 Å². The van der Waals surface area contributed by atoms with Crippen molar-refractivity contribution >= 4 is 5.91 Å². The second-order valence-corrected chi connectivity index (χ2v) is 22.8. The van der Waals surface area contributed by atoms with E-state index in [0.29, 0.717) is 12.8 Å². The number of unbranched alkanes of at least 4 members (excludes halogenated alkanes) is 40. The van der Waals surface area contributed by atoms with Crippen LogP contribution in [0.3, 0.4) is 0 Å².